The van der Waals surface area contributed by atoms with Gasteiger partial charge in [-0.2, -0.15) is 0 Å². The number of rotatable bonds is 1. The Morgan fingerprint density at radius 1 is 1.30 bits per heavy atom. The third-order valence-electron chi connectivity index (χ3n) is 4.84. The maximum absolute atomic E-state index is 13.0. The van der Waals surface area contributed by atoms with Gasteiger partial charge in [0.2, 0.25) is 0 Å². The van der Waals surface area contributed by atoms with Crippen LogP contribution in [0.2, 0.25) is 0 Å². The zero-order chi connectivity index (χ0) is 13.7. The van der Waals surface area contributed by atoms with E-state index in [9.17, 15) is 4.79 Å². The van der Waals surface area contributed by atoms with E-state index in [0.29, 0.717) is 18.0 Å². The van der Waals surface area contributed by atoms with E-state index in [-0.39, 0.29) is 5.91 Å². The maximum atomic E-state index is 13.0. The van der Waals surface area contributed by atoms with E-state index in [1.165, 1.54) is 0 Å². The first-order valence-electron chi connectivity index (χ1n) is 7.35. The Balaban J connectivity index is 1.75. The summed E-state index contributed by atoms with van der Waals surface area (Å²) < 4.78 is 0. The fraction of sp³-hybridized carbons (Fsp3) is 0.438. The zero-order valence-corrected chi connectivity index (χ0v) is 11.6. The number of amides is 1. The summed E-state index contributed by atoms with van der Waals surface area (Å²) in [5, 5.41) is 4.44. The molecule has 1 aromatic carbocycles. The predicted molar refractivity (Wildman–Crippen MR) is 78.7 cm³/mol. The zero-order valence-electron chi connectivity index (χ0n) is 11.6. The van der Waals surface area contributed by atoms with Crippen LogP contribution in [-0.2, 0) is 0 Å². The highest BCUT2D eigenvalue weighted by molar-refractivity contribution is 6.06. The van der Waals surface area contributed by atoms with E-state index in [1.54, 1.807) is 0 Å². The van der Waals surface area contributed by atoms with Crippen LogP contribution >= 0.6 is 0 Å². The first-order valence-corrected chi connectivity index (χ1v) is 7.35. The second-order valence-electron chi connectivity index (χ2n) is 6.03. The number of nitrogens with one attached hydrogen (secondary N) is 2. The van der Waals surface area contributed by atoms with Gasteiger partial charge < -0.3 is 15.2 Å². The molecule has 0 radical (unpaired) electrons. The van der Waals surface area contributed by atoms with Crippen LogP contribution in [0.25, 0.3) is 10.9 Å². The third-order valence-corrected chi connectivity index (χ3v) is 4.84. The molecule has 2 aliphatic rings. The molecule has 2 fully saturated rings. The molecule has 3 atom stereocenters. The lowest BCUT2D eigenvalue weighted by Crippen LogP contribution is -2.42. The molecule has 3 heterocycles. The van der Waals surface area contributed by atoms with Gasteiger partial charge in [-0.25, -0.2) is 0 Å². The van der Waals surface area contributed by atoms with Gasteiger partial charge in [0.1, 0.15) is 0 Å². The van der Waals surface area contributed by atoms with Crippen molar-refractivity contribution in [3.8, 4) is 0 Å². The number of fused-ring (bicyclic) bond motifs is 2. The Labute approximate surface area is 118 Å². The molecule has 0 bridgehead atoms. The molecule has 2 N–H and O–H groups in total. The lowest BCUT2D eigenvalue weighted by atomic mass is 10.0. The molecule has 104 valence electrons. The summed E-state index contributed by atoms with van der Waals surface area (Å²) in [7, 11) is 0. The van der Waals surface area contributed by atoms with E-state index in [2.05, 4.69) is 22.1 Å². The topological polar surface area (TPSA) is 48.1 Å². The van der Waals surface area contributed by atoms with Gasteiger partial charge in [0, 0.05) is 47.8 Å². The van der Waals surface area contributed by atoms with Crippen molar-refractivity contribution in [2.24, 2.45) is 5.92 Å². The van der Waals surface area contributed by atoms with Crippen LogP contribution in [0.4, 0.5) is 0 Å². The minimum absolute atomic E-state index is 0.180. The normalized spacial score (nSPS) is 29.1. The summed E-state index contributed by atoms with van der Waals surface area (Å²) in [6.45, 7) is 4.16. The van der Waals surface area contributed by atoms with Gasteiger partial charge in [-0.15, -0.1) is 0 Å². The molecule has 2 aliphatic heterocycles. The summed E-state index contributed by atoms with van der Waals surface area (Å²) in [4.78, 5) is 18.3. The SMILES string of the molecule is CC1CC2CNCC2N1C(=O)c1cccc2[nH]ccc12. The van der Waals surface area contributed by atoms with Gasteiger partial charge in [-0.1, -0.05) is 6.07 Å². The Kier molecular flexibility index (Phi) is 2.60. The number of hydrogen-bond donors (Lipinski definition) is 2. The van der Waals surface area contributed by atoms with Gasteiger partial charge >= 0.3 is 0 Å². The average Bonchev–Trinajstić information content (AvgIpc) is 3.11. The largest absolute Gasteiger partial charge is 0.361 e. The van der Waals surface area contributed by atoms with E-state index >= 15 is 0 Å². The highest BCUT2D eigenvalue weighted by Gasteiger charge is 2.44. The second-order valence-corrected chi connectivity index (χ2v) is 6.03. The van der Waals surface area contributed by atoms with Gasteiger partial charge in [-0.05, 0) is 37.5 Å². The minimum atomic E-state index is 0.180. The second kappa shape index (κ2) is 4.35. The fourth-order valence-electron chi connectivity index (χ4n) is 3.93. The Bertz CT molecular complexity index is 663. The number of nitrogens with zero attached hydrogens (tertiary/aromatic N) is 1. The number of carbonyl (C=O) groups excluding carboxylic acids is 1. The molecule has 3 unspecified atom stereocenters. The van der Waals surface area contributed by atoms with Crippen LogP contribution in [0, 0.1) is 5.92 Å². The van der Waals surface area contributed by atoms with E-state index in [4.69, 9.17) is 0 Å². The maximum Gasteiger partial charge on any atom is 0.255 e. The molecular weight excluding hydrogens is 250 g/mol. The molecular formula is C16H19N3O. The number of aromatic nitrogens is 1. The third kappa shape index (κ3) is 1.61. The van der Waals surface area contributed by atoms with Crippen LogP contribution in [0.15, 0.2) is 30.5 Å². The first kappa shape index (κ1) is 12.0. The minimum Gasteiger partial charge on any atom is -0.361 e. The lowest BCUT2D eigenvalue weighted by Gasteiger charge is -2.28. The number of H-pyrrole nitrogens is 1. The fourth-order valence-corrected chi connectivity index (χ4v) is 3.93. The van der Waals surface area contributed by atoms with Gasteiger partial charge in [-0.3, -0.25) is 4.79 Å². The molecule has 20 heavy (non-hydrogen) atoms. The monoisotopic (exact) mass is 269 g/mol. The van der Waals surface area contributed by atoms with Crippen molar-refractivity contribution < 1.29 is 4.79 Å². The van der Waals surface area contributed by atoms with E-state index in [1.807, 2.05) is 30.5 Å². The number of likely N-dealkylation sites (tertiary alicyclic amines) is 1. The van der Waals surface area contributed by atoms with Crippen molar-refractivity contribution in [2.45, 2.75) is 25.4 Å². The average molecular weight is 269 g/mol. The summed E-state index contributed by atoms with van der Waals surface area (Å²) in [6.07, 6.45) is 3.02. The molecule has 0 spiro atoms. The molecule has 4 heteroatoms. The van der Waals surface area contributed by atoms with Crippen LogP contribution in [0.3, 0.4) is 0 Å². The van der Waals surface area contributed by atoms with Crippen LogP contribution in [0.5, 0.6) is 0 Å². The number of hydrogen-bond acceptors (Lipinski definition) is 2. The summed E-state index contributed by atoms with van der Waals surface area (Å²) in [5.74, 6) is 0.804. The molecule has 0 saturated carbocycles. The van der Waals surface area contributed by atoms with Gasteiger partial charge in [0.25, 0.3) is 5.91 Å². The Morgan fingerprint density at radius 3 is 3.10 bits per heavy atom. The molecule has 4 rings (SSSR count). The smallest absolute Gasteiger partial charge is 0.255 e. The molecule has 2 aromatic rings. The van der Waals surface area contributed by atoms with Crippen molar-refractivity contribution in [3.05, 3.63) is 36.0 Å². The van der Waals surface area contributed by atoms with Crippen LogP contribution in [0.1, 0.15) is 23.7 Å². The number of carbonyl (C=O) groups is 1. The van der Waals surface area contributed by atoms with Crippen molar-refractivity contribution in [1.29, 1.82) is 0 Å². The number of aromatic amines is 1. The Morgan fingerprint density at radius 2 is 2.20 bits per heavy atom. The molecule has 0 aliphatic carbocycles. The van der Waals surface area contributed by atoms with Crippen molar-refractivity contribution in [1.82, 2.24) is 15.2 Å². The van der Waals surface area contributed by atoms with E-state index < -0.39 is 0 Å². The van der Waals surface area contributed by atoms with Crippen LogP contribution in [-0.4, -0.2) is 41.0 Å². The standard InChI is InChI=1S/C16H19N3O/c1-10-7-11-8-17-9-15(11)19(10)16(20)13-3-2-4-14-12(13)5-6-18-14/h2-6,10-11,15,17-18H,7-9H2,1H3. The highest BCUT2D eigenvalue weighted by atomic mass is 16.2. The van der Waals surface area contributed by atoms with Crippen molar-refractivity contribution in [3.63, 3.8) is 0 Å². The molecule has 1 amide bonds. The van der Waals surface area contributed by atoms with Crippen molar-refractivity contribution in [2.75, 3.05) is 13.1 Å². The molecule has 2 saturated heterocycles. The molecule has 4 nitrogen and oxygen atoms in total. The highest BCUT2D eigenvalue weighted by Crippen LogP contribution is 2.34. The predicted octanol–water partition coefficient (Wildman–Crippen LogP) is 1.99. The number of benzene rings is 1. The van der Waals surface area contributed by atoms with Gasteiger partial charge in [0.15, 0.2) is 0 Å². The lowest BCUT2D eigenvalue weighted by molar-refractivity contribution is 0.0684. The Hall–Kier alpha value is -1.81. The van der Waals surface area contributed by atoms with E-state index in [0.717, 1.165) is 36.0 Å². The summed E-state index contributed by atoms with van der Waals surface area (Å²) in [5.41, 5.74) is 1.85. The molecule has 1 aromatic heterocycles. The van der Waals surface area contributed by atoms with Crippen molar-refractivity contribution >= 4 is 16.8 Å². The quantitative estimate of drug-likeness (QED) is 0.831. The van der Waals surface area contributed by atoms with Crippen LogP contribution < -0.4 is 5.32 Å². The van der Waals surface area contributed by atoms with Gasteiger partial charge in [0.05, 0.1) is 0 Å². The summed E-state index contributed by atoms with van der Waals surface area (Å²) >= 11 is 0. The summed E-state index contributed by atoms with van der Waals surface area (Å²) in [6, 6.07) is 8.62. The first-order chi connectivity index (χ1) is 9.75.